The van der Waals surface area contributed by atoms with Crippen molar-refractivity contribution in [3.05, 3.63) is 35.0 Å². The van der Waals surface area contributed by atoms with Crippen molar-refractivity contribution in [1.82, 2.24) is 19.7 Å². The Labute approximate surface area is 94.3 Å². The second-order valence-electron chi connectivity index (χ2n) is 3.80. The van der Waals surface area contributed by atoms with E-state index in [0.29, 0.717) is 6.54 Å². The summed E-state index contributed by atoms with van der Waals surface area (Å²) in [5, 5.41) is 4.38. The number of nitrogens with two attached hydrogens (primary N) is 1. The molecule has 0 aliphatic carbocycles. The predicted octanol–water partition coefficient (Wildman–Crippen LogP) is 1.05. The molecule has 16 heavy (non-hydrogen) atoms. The summed E-state index contributed by atoms with van der Waals surface area (Å²) >= 11 is 0. The maximum atomic E-state index is 5.62. The first-order valence-corrected chi connectivity index (χ1v) is 5.18. The van der Waals surface area contributed by atoms with Gasteiger partial charge in [0.2, 0.25) is 0 Å². The van der Waals surface area contributed by atoms with E-state index >= 15 is 0 Å². The van der Waals surface area contributed by atoms with Gasteiger partial charge in [0.05, 0.1) is 5.69 Å². The van der Waals surface area contributed by atoms with Crippen LogP contribution in [0.1, 0.15) is 22.8 Å². The fraction of sp³-hybridized carbons (Fsp3) is 0.364. The van der Waals surface area contributed by atoms with Gasteiger partial charge in [-0.15, -0.1) is 0 Å². The van der Waals surface area contributed by atoms with Crippen molar-refractivity contribution in [2.45, 2.75) is 27.3 Å². The van der Waals surface area contributed by atoms with Crippen molar-refractivity contribution in [2.24, 2.45) is 5.73 Å². The summed E-state index contributed by atoms with van der Waals surface area (Å²) in [5.74, 6) is 1.53. The molecule has 0 aliphatic heterocycles. The van der Waals surface area contributed by atoms with Crippen LogP contribution in [0.4, 0.5) is 0 Å². The van der Waals surface area contributed by atoms with Crippen LogP contribution in [0.2, 0.25) is 0 Å². The van der Waals surface area contributed by atoms with E-state index in [-0.39, 0.29) is 0 Å². The largest absolute Gasteiger partial charge is 0.326 e. The highest BCUT2D eigenvalue weighted by atomic mass is 15.3. The molecule has 0 saturated carbocycles. The topological polar surface area (TPSA) is 69.6 Å². The minimum absolute atomic E-state index is 0.495. The highest BCUT2D eigenvalue weighted by Crippen LogP contribution is 2.10. The van der Waals surface area contributed by atoms with Crippen LogP contribution in [0, 0.1) is 20.8 Å². The predicted molar refractivity (Wildman–Crippen MR) is 61.3 cm³/mol. The van der Waals surface area contributed by atoms with Gasteiger partial charge in [0, 0.05) is 30.1 Å². The monoisotopic (exact) mass is 217 g/mol. The van der Waals surface area contributed by atoms with Crippen molar-refractivity contribution in [2.75, 3.05) is 0 Å². The Morgan fingerprint density at radius 1 is 1.25 bits per heavy atom. The van der Waals surface area contributed by atoms with Crippen molar-refractivity contribution < 1.29 is 0 Å². The van der Waals surface area contributed by atoms with Crippen molar-refractivity contribution in [3.63, 3.8) is 0 Å². The van der Waals surface area contributed by atoms with Gasteiger partial charge in [0.1, 0.15) is 5.82 Å². The summed E-state index contributed by atoms with van der Waals surface area (Å²) in [7, 11) is 0. The molecule has 0 aliphatic rings. The standard InChI is InChI=1S/C11H15N5/c1-7-4-11(14-9(3)13-7)16-6-10(5-12)8(2)15-16/h4,6H,5,12H2,1-3H3. The number of aromatic nitrogens is 4. The van der Waals surface area contributed by atoms with Crippen LogP contribution in [0.3, 0.4) is 0 Å². The van der Waals surface area contributed by atoms with Gasteiger partial charge in [0.25, 0.3) is 0 Å². The summed E-state index contributed by atoms with van der Waals surface area (Å²) in [4.78, 5) is 8.57. The third-order valence-electron chi connectivity index (χ3n) is 2.41. The number of nitrogens with zero attached hydrogens (tertiary/aromatic N) is 4. The molecule has 0 aromatic carbocycles. The lowest BCUT2D eigenvalue weighted by Gasteiger charge is -2.02. The summed E-state index contributed by atoms with van der Waals surface area (Å²) in [5.41, 5.74) is 8.53. The van der Waals surface area contributed by atoms with E-state index in [1.54, 1.807) is 4.68 Å². The Bertz CT molecular complexity index is 495. The Hall–Kier alpha value is -1.75. The maximum Gasteiger partial charge on any atom is 0.157 e. The quantitative estimate of drug-likeness (QED) is 0.816. The van der Waals surface area contributed by atoms with E-state index < -0.39 is 0 Å². The zero-order chi connectivity index (χ0) is 11.7. The fourth-order valence-corrected chi connectivity index (χ4v) is 1.63. The zero-order valence-electron chi connectivity index (χ0n) is 9.73. The molecule has 0 bridgehead atoms. The van der Waals surface area contributed by atoms with E-state index in [4.69, 9.17) is 5.73 Å². The Morgan fingerprint density at radius 2 is 2.00 bits per heavy atom. The van der Waals surface area contributed by atoms with E-state index in [0.717, 1.165) is 28.6 Å². The SMILES string of the molecule is Cc1cc(-n2cc(CN)c(C)n2)nc(C)n1. The Morgan fingerprint density at radius 3 is 2.56 bits per heavy atom. The number of hydrogen-bond acceptors (Lipinski definition) is 4. The molecule has 2 aromatic heterocycles. The van der Waals surface area contributed by atoms with Gasteiger partial charge in [-0.25, -0.2) is 14.6 Å². The van der Waals surface area contributed by atoms with Gasteiger partial charge in [-0.3, -0.25) is 0 Å². The number of aryl methyl sites for hydroxylation is 3. The third kappa shape index (κ3) is 1.94. The van der Waals surface area contributed by atoms with Crippen molar-refractivity contribution in [3.8, 4) is 5.82 Å². The van der Waals surface area contributed by atoms with E-state index in [9.17, 15) is 0 Å². The fourth-order valence-electron chi connectivity index (χ4n) is 1.63. The molecular weight excluding hydrogens is 202 g/mol. The lowest BCUT2D eigenvalue weighted by Crippen LogP contribution is -2.02. The molecule has 0 radical (unpaired) electrons. The van der Waals surface area contributed by atoms with Crippen LogP contribution >= 0.6 is 0 Å². The van der Waals surface area contributed by atoms with Crippen LogP contribution in [0.25, 0.3) is 5.82 Å². The molecular formula is C11H15N5. The van der Waals surface area contributed by atoms with Gasteiger partial charge < -0.3 is 5.73 Å². The van der Waals surface area contributed by atoms with Gasteiger partial charge in [-0.1, -0.05) is 0 Å². The average molecular weight is 217 g/mol. The van der Waals surface area contributed by atoms with Crippen LogP contribution in [-0.4, -0.2) is 19.7 Å². The van der Waals surface area contributed by atoms with Crippen LogP contribution in [0.15, 0.2) is 12.3 Å². The zero-order valence-corrected chi connectivity index (χ0v) is 9.73. The summed E-state index contributed by atoms with van der Waals surface area (Å²) in [6.07, 6.45) is 1.91. The molecule has 0 fully saturated rings. The molecule has 5 heteroatoms. The molecule has 5 nitrogen and oxygen atoms in total. The molecule has 0 saturated heterocycles. The smallest absolute Gasteiger partial charge is 0.157 e. The molecule has 0 spiro atoms. The average Bonchev–Trinajstić information content (AvgIpc) is 2.58. The first kappa shape index (κ1) is 10.8. The number of rotatable bonds is 2. The summed E-state index contributed by atoms with van der Waals surface area (Å²) in [6.45, 7) is 6.25. The first-order valence-electron chi connectivity index (χ1n) is 5.18. The van der Waals surface area contributed by atoms with E-state index in [2.05, 4.69) is 15.1 Å². The van der Waals surface area contributed by atoms with Gasteiger partial charge in [0.15, 0.2) is 5.82 Å². The van der Waals surface area contributed by atoms with Crippen LogP contribution < -0.4 is 5.73 Å². The molecule has 2 rings (SSSR count). The lowest BCUT2D eigenvalue weighted by atomic mass is 10.3. The third-order valence-corrected chi connectivity index (χ3v) is 2.41. The molecule has 2 N–H and O–H groups in total. The Balaban J connectivity index is 2.49. The molecule has 0 unspecified atom stereocenters. The van der Waals surface area contributed by atoms with E-state index in [1.165, 1.54) is 0 Å². The van der Waals surface area contributed by atoms with Gasteiger partial charge in [-0.05, 0) is 20.8 Å². The maximum absolute atomic E-state index is 5.62. The molecule has 2 aromatic rings. The summed E-state index contributed by atoms with van der Waals surface area (Å²) < 4.78 is 1.75. The lowest BCUT2D eigenvalue weighted by molar-refractivity contribution is 0.811. The normalized spacial score (nSPS) is 10.8. The number of hydrogen-bond donors (Lipinski definition) is 1. The molecule has 0 amide bonds. The minimum Gasteiger partial charge on any atom is -0.326 e. The van der Waals surface area contributed by atoms with Gasteiger partial charge in [-0.2, -0.15) is 5.10 Å². The van der Waals surface area contributed by atoms with Crippen LogP contribution in [0.5, 0.6) is 0 Å². The summed E-state index contributed by atoms with van der Waals surface area (Å²) in [6, 6.07) is 1.90. The molecule has 0 atom stereocenters. The Kier molecular flexibility index (Phi) is 2.70. The highest BCUT2D eigenvalue weighted by Gasteiger charge is 2.06. The molecule has 2 heterocycles. The van der Waals surface area contributed by atoms with E-state index in [1.807, 2.05) is 33.0 Å². The highest BCUT2D eigenvalue weighted by molar-refractivity contribution is 5.27. The first-order chi connectivity index (χ1) is 7.60. The molecule has 84 valence electrons. The van der Waals surface area contributed by atoms with Gasteiger partial charge >= 0.3 is 0 Å². The van der Waals surface area contributed by atoms with Crippen molar-refractivity contribution >= 4 is 0 Å². The van der Waals surface area contributed by atoms with Crippen LogP contribution in [-0.2, 0) is 6.54 Å². The van der Waals surface area contributed by atoms with Crippen molar-refractivity contribution in [1.29, 1.82) is 0 Å². The second kappa shape index (κ2) is 4.02. The minimum atomic E-state index is 0.495. The second-order valence-corrected chi connectivity index (χ2v) is 3.80.